The third kappa shape index (κ3) is 4.30. The van der Waals surface area contributed by atoms with Crippen LogP contribution in [0.2, 0.25) is 0 Å². The molecule has 0 bridgehead atoms. The van der Waals surface area contributed by atoms with Crippen LogP contribution in [0.15, 0.2) is 89.8 Å². The van der Waals surface area contributed by atoms with E-state index in [1.807, 2.05) is 60.7 Å². The summed E-state index contributed by atoms with van der Waals surface area (Å²) in [6.07, 6.45) is 0. The number of carbonyl (C=O) groups is 1. The summed E-state index contributed by atoms with van der Waals surface area (Å²) < 4.78 is 28.0. The molecular formula is C22H22N2O3S. The number of sulfonamides is 1. The maximum Gasteiger partial charge on any atom is 0.243 e. The Morgan fingerprint density at radius 2 is 1.29 bits per heavy atom. The highest BCUT2D eigenvalue weighted by Gasteiger charge is 2.30. The van der Waals surface area contributed by atoms with E-state index in [0.29, 0.717) is 5.69 Å². The fourth-order valence-corrected chi connectivity index (χ4v) is 4.44. The van der Waals surface area contributed by atoms with Crippen LogP contribution >= 0.6 is 0 Å². The fourth-order valence-electron chi connectivity index (χ4n) is 3.10. The molecule has 144 valence electrons. The first-order valence-electron chi connectivity index (χ1n) is 8.85. The molecule has 3 rings (SSSR count). The first-order valence-corrected chi connectivity index (χ1v) is 10.3. The van der Waals surface area contributed by atoms with Gasteiger partial charge >= 0.3 is 0 Å². The Kier molecular flexibility index (Phi) is 5.92. The van der Waals surface area contributed by atoms with Crippen LogP contribution in [-0.2, 0) is 14.8 Å². The van der Waals surface area contributed by atoms with E-state index >= 15 is 0 Å². The molecule has 0 aromatic heterocycles. The Labute approximate surface area is 165 Å². The van der Waals surface area contributed by atoms with Gasteiger partial charge in [-0.15, -0.1) is 0 Å². The Bertz CT molecular complexity index is 995. The van der Waals surface area contributed by atoms with E-state index in [0.717, 1.165) is 11.1 Å². The van der Waals surface area contributed by atoms with Gasteiger partial charge in [-0.2, -0.15) is 4.31 Å². The first-order chi connectivity index (χ1) is 13.4. The summed E-state index contributed by atoms with van der Waals surface area (Å²) in [6.45, 7) is 1.41. The summed E-state index contributed by atoms with van der Waals surface area (Å²) in [6, 6.07) is 24.8. The molecule has 5 nitrogen and oxygen atoms in total. The molecule has 0 atom stereocenters. The Balaban J connectivity index is 2.00. The van der Waals surface area contributed by atoms with Gasteiger partial charge in [0.05, 0.1) is 10.9 Å². The van der Waals surface area contributed by atoms with Crippen molar-refractivity contribution >= 4 is 21.6 Å². The SMILES string of the molecule is CC(=O)Nc1ccc(S(=O)(=O)N(C)C(c2ccccc2)c2ccccc2)cc1. The van der Waals surface area contributed by atoms with E-state index in [-0.39, 0.29) is 10.8 Å². The molecule has 3 aromatic carbocycles. The minimum atomic E-state index is -3.76. The monoisotopic (exact) mass is 394 g/mol. The minimum absolute atomic E-state index is 0.168. The normalized spacial score (nSPS) is 11.6. The second-order valence-corrected chi connectivity index (χ2v) is 8.45. The molecule has 6 heteroatoms. The molecule has 0 aliphatic heterocycles. The standard InChI is InChI=1S/C22H22N2O3S/c1-17(25)23-20-13-15-21(16-14-20)28(26,27)24(2)22(18-9-5-3-6-10-18)19-11-7-4-8-12-19/h3-16,22H,1-2H3,(H,23,25). The van der Waals surface area contributed by atoms with Crippen molar-refractivity contribution in [2.24, 2.45) is 0 Å². The van der Waals surface area contributed by atoms with Crippen LogP contribution in [0.4, 0.5) is 5.69 Å². The van der Waals surface area contributed by atoms with Crippen LogP contribution in [-0.4, -0.2) is 25.7 Å². The van der Waals surface area contributed by atoms with E-state index < -0.39 is 16.1 Å². The highest BCUT2D eigenvalue weighted by Crippen LogP contribution is 2.32. The third-order valence-electron chi connectivity index (χ3n) is 4.45. The van der Waals surface area contributed by atoms with Crippen LogP contribution in [0.3, 0.4) is 0 Å². The number of anilines is 1. The van der Waals surface area contributed by atoms with Gasteiger partial charge in [0.1, 0.15) is 0 Å². The minimum Gasteiger partial charge on any atom is -0.326 e. The molecule has 3 aromatic rings. The average molecular weight is 394 g/mol. The van der Waals surface area contributed by atoms with Gasteiger partial charge in [0.15, 0.2) is 0 Å². The van der Waals surface area contributed by atoms with Crippen molar-refractivity contribution < 1.29 is 13.2 Å². The Morgan fingerprint density at radius 3 is 1.71 bits per heavy atom. The lowest BCUT2D eigenvalue weighted by molar-refractivity contribution is -0.114. The van der Waals surface area contributed by atoms with E-state index in [9.17, 15) is 13.2 Å². The van der Waals surface area contributed by atoms with Gasteiger partial charge in [-0.25, -0.2) is 8.42 Å². The van der Waals surface area contributed by atoms with Crippen molar-refractivity contribution in [2.75, 3.05) is 12.4 Å². The summed E-state index contributed by atoms with van der Waals surface area (Å²) in [5.41, 5.74) is 2.32. The summed E-state index contributed by atoms with van der Waals surface area (Å²) in [5.74, 6) is -0.207. The molecule has 0 radical (unpaired) electrons. The third-order valence-corrected chi connectivity index (χ3v) is 6.28. The molecule has 28 heavy (non-hydrogen) atoms. The summed E-state index contributed by atoms with van der Waals surface area (Å²) in [4.78, 5) is 11.3. The predicted molar refractivity (Wildman–Crippen MR) is 110 cm³/mol. The van der Waals surface area contributed by atoms with Gasteiger partial charge in [0.25, 0.3) is 0 Å². The summed E-state index contributed by atoms with van der Waals surface area (Å²) >= 11 is 0. The van der Waals surface area contributed by atoms with Crippen LogP contribution in [0.25, 0.3) is 0 Å². The van der Waals surface area contributed by atoms with Crippen LogP contribution in [0, 0.1) is 0 Å². The molecule has 0 saturated heterocycles. The van der Waals surface area contributed by atoms with Crippen molar-refractivity contribution in [2.45, 2.75) is 17.9 Å². The second kappa shape index (κ2) is 8.37. The number of rotatable bonds is 6. The van der Waals surface area contributed by atoms with Gasteiger partial charge < -0.3 is 5.32 Å². The van der Waals surface area contributed by atoms with Gasteiger partial charge in [-0.1, -0.05) is 60.7 Å². The molecule has 1 N–H and O–H groups in total. The average Bonchev–Trinajstić information content (AvgIpc) is 2.70. The molecular weight excluding hydrogens is 372 g/mol. The van der Waals surface area contributed by atoms with E-state index in [4.69, 9.17) is 0 Å². The first kappa shape index (κ1) is 19.8. The van der Waals surface area contributed by atoms with Crippen molar-refractivity contribution in [3.63, 3.8) is 0 Å². The van der Waals surface area contributed by atoms with E-state index in [2.05, 4.69) is 5.32 Å². The maximum atomic E-state index is 13.3. The molecule has 0 fully saturated rings. The highest BCUT2D eigenvalue weighted by atomic mass is 32.2. The molecule has 0 aliphatic carbocycles. The number of benzene rings is 3. The van der Waals surface area contributed by atoms with Gasteiger partial charge in [-0.3, -0.25) is 4.79 Å². The summed E-state index contributed by atoms with van der Waals surface area (Å²) in [7, 11) is -2.17. The number of nitrogens with zero attached hydrogens (tertiary/aromatic N) is 1. The van der Waals surface area contributed by atoms with Crippen molar-refractivity contribution in [1.29, 1.82) is 0 Å². The zero-order valence-electron chi connectivity index (χ0n) is 15.7. The topological polar surface area (TPSA) is 66.5 Å². The zero-order valence-corrected chi connectivity index (χ0v) is 16.6. The van der Waals surface area contributed by atoms with Gasteiger partial charge in [-0.05, 0) is 35.4 Å². The largest absolute Gasteiger partial charge is 0.326 e. The Hall–Kier alpha value is -2.96. The van der Waals surface area contributed by atoms with E-state index in [1.54, 1.807) is 19.2 Å². The number of nitrogens with one attached hydrogen (secondary N) is 1. The molecule has 0 heterocycles. The number of amides is 1. The summed E-state index contributed by atoms with van der Waals surface area (Å²) in [5, 5.41) is 2.64. The van der Waals surface area contributed by atoms with Crippen LogP contribution in [0.5, 0.6) is 0 Å². The fraction of sp³-hybridized carbons (Fsp3) is 0.136. The molecule has 0 unspecified atom stereocenters. The quantitative estimate of drug-likeness (QED) is 0.686. The van der Waals surface area contributed by atoms with Crippen molar-refractivity contribution in [1.82, 2.24) is 4.31 Å². The lowest BCUT2D eigenvalue weighted by Gasteiger charge is -2.28. The lowest BCUT2D eigenvalue weighted by atomic mass is 9.99. The van der Waals surface area contributed by atoms with Gasteiger partial charge in [0.2, 0.25) is 15.9 Å². The Morgan fingerprint density at radius 1 is 0.821 bits per heavy atom. The molecule has 1 amide bonds. The van der Waals surface area contributed by atoms with Crippen molar-refractivity contribution in [3.05, 3.63) is 96.1 Å². The number of hydrogen-bond acceptors (Lipinski definition) is 3. The maximum absolute atomic E-state index is 13.3. The smallest absolute Gasteiger partial charge is 0.243 e. The van der Waals surface area contributed by atoms with E-state index in [1.165, 1.54) is 23.4 Å². The van der Waals surface area contributed by atoms with Crippen LogP contribution in [0.1, 0.15) is 24.1 Å². The lowest BCUT2D eigenvalue weighted by Crippen LogP contribution is -2.32. The molecule has 0 aliphatic rings. The molecule has 0 spiro atoms. The predicted octanol–water partition coefficient (Wildman–Crippen LogP) is 4.06. The highest BCUT2D eigenvalue weighted by molar-refractivity contribution is 7.89. The van der Waals surface area contributed by atoms with Crippen LogP contribution < -0.4 is 5.32 Å². The second-order valence-electron chi connectivity index (χ2n) is 6.45. The number of carbonyl (C=O) groups excluding carboxylic acids is 1. The zero-order chi connectivity index (χ0) is 20.1. The molecule has 0 saturated carbocycles. The van der Waals surface area contributed by atoms with Gasteiger partial charge in [0, 0.05) is 19.7 Å². The number of hydrogen-bond donors (Lipinski definition) is 1. The van der Waals surface area contributed by atoms with Crippen molar-refractivity contribution in [3.8, 4) is 0 Å².